The van der Waals surface area contributed by atoms with Gasteiger partial charge < -0.3 is 0 Å². The Bertz CT molecular complexity index is 104. The second-order valence-corrected chi connectivity index (χ2v) is 6.58. The third-order valence-corrected chi connectivity index (χ3v) is 3.27. The predicted molar refractivity (Wildman–Crippen MR) is 37.9 cm³/mol. The minimum atomic E-state index is -0.676. The van der Waals surface area contributed by atoms with Gasteiger partial charge in [0.05, 0.1) is 0 Å². The van der Waals surface area contributed by atoms with E-state index in [1.807, 2.05) is 0 Å². The van der Waals surface area contributed by atoms with Gasteiger partial charge in [0.1, 0.15) is 0 Å². The van der Waals surface area contributed by atoms with Crippen LogP contribution in [0.25, 0.3) is 0 Å². The number of carboxylic acid groups (broad SMARTS) is 1. The Labute approximate surface area is 61.8 Å². The van der Waals surface area contributed by atoms with Gasteiger partial charge in [0.25, 0.3) is 0 Å². The first kappa shape index (κ1) is 8.99. The van der Waals surface area contributed by atoms with Crippen molar-refractivity contribution in [3.05, 3.63) is 0 Å². The number of aliphatic carboxylic acids is 1. The minimum absolute atomic E-state index is 0.214. The Kier molecular flexibility index (Phi) is 3.23. The molecule has 9 heavy (non-hydrogen) atoms. The number of carboxylic acids is 1. The van der Waals surface area contributed by atoms with Gasteiger partial charge in [-0.2, -0.15) is 0 Å². The molecule has 0 heterocycles. The Morgan fingerprint density at radius 2 is 2.00 bits per heavy atom. The van der Waals surface area contributed by atoms with Gasteiger partial charge >= 0.3 is 61.2 Å². The first-order valence-corrected chi connectivity index (χ1v) is 4.84. The summed E-state index contributed by atoms with van der Waals surface area (Å²) in [6.07, 6.45) is 0. The van der Waals surface area contributed by atoms with Crippen LogP contribution in [0.4, 0.5) is 0 Å². The summed E-state index contributed by atoms with van der Waals surface area (Å²) in [5, 5.41) is 8.64. The molecule has 2 nitrogen and oxygen atoms in total. The molecule has 54 valence electrons. The first-order valence-electron chi connectivity index (χ1n) is 2.77. The van der Waals surface area contributed by atoms with Crippen molar-refractivity contribution in [2.75, 3.05) is 0 Å². The Hall–Kier alpha value is -0.0105. The van der Waals surface area contributed by atoms with Crippen LogP contribution in [0.2, 0.25) is 9.63 Å². The SMILES string of the molecule is CC(C)(C)[Se]CC(=O)O. The molecule has 0 atom stereocenters. The summed E-state index contributed by atoms with van der Waals surface area (Å²) in [4.78, 5) is 10.1. The van der Waals surface area contributed by atoms with Gasteiger partial charge in [-0.15, -0.1) is 0 Å². The zero-order valence-electron chi connectivity index (χ0n) is 5.97. The third-order valence-electron chi connectivity index (χ3n) is 0.629. The van der Waals surface area contributed by atoms with E-state index in [-0.39, 0.29) is 19.3 Å². The standard InChI is InChI=1S/C6H12O2Se/c1-6(2,3)9-4-5(7)8/h4H2,1-3H3,(H,7,8). The summed E-state index contributed by atoms with van der Waals surface area (Å²) in [5.41, 5.74) is 0. The third kappa shape index (κ3) is 7.99. The van der Waals surface area contributed by atoms with Gasteiger partial charge in [0.15, 0.2) is 0 Å². The molecule has 0 aliphatic rings. The van der Waals surface area contributed by atoms with Crippen LogP contribution < -0.4 is 0 Å². The van der Waals surface area contributed by atoms with E-state index in [2.05, 4.69) is 20.8 Å². The normalized spacial score (nSPS) is 11.4. The molecule has 0 radical (unpaired) electrons. The van der Waals surface area contributed by atoms with Crippen molar-refractivity contribution >= 4 is 20.9 Å². The quantitative estimate of drug-likeness (QED) is 0.676. The van der Waals surface area contributed by atoms with Gasteiger partial charge in [-0.25, -0.2) is 0 Å². The van der Waals surface area contributed by atoms with Crippen LogP contribution in [0.15, 0.2) is 0 Å². The van der Waals surface area contributed by atoms with Gasteiger partial charge in [-0.1, -0.05) is 0 Å². The Morgan fingerprint density at radius 1 is 1.56 bits per heavy atom. The van der Waals surface area contributed by atoms with Gasteiger partial charge in [-0.05, 0) is 0 Å². The van der Waals surface area contributed by atoms with Crippen molar-refractivity contribution in [1.82, 2.24) is 0 Å². The van der Waals surface area contributed by atoms with Crippen LogP contribution in [-0.2, 0) is 4.79 Å². The molecule has 0 aromatic rings. The molecule has 0 aliphatic heterocycles. The number of carbonyl (C=O) groups is 1. The van der Waals surface area contributed by atoms with Crippen molar-refractivity contribution in [3.63, 3.8) is 0 Å². The van der Waals surface area contributed by atoms with E-state index in [0.717, 1.165) is 0 Å². The maximum atomic E-state index is 10.1. The molecule has 0 saturated carbocycles. The van der Waals surface area contributed by atoms with Crippen molar-refractivity contribution in [2.24, 2.45) is 0 Å². The van der Waals surface area contributed by atoms with E-state index in [4.69, 9.17) is 5.11 Å². The van der Waals surface area contributed by atoms with Gasteiger partial charge in [0, 0.05) is 0 Å². The summed E-state index contributed by atoms with van der Waals surface area (Å²) in [7, 11) is 0. The topological polar surface area (TPSA) is 37.3 Å². The number of hydrogen-bond acceptors (Lipinski definition) is 1. The van der Waals surface area contributed by atoms with Crippen molar-refractivity contribution in [1.29, 1.82) is 0 Å². The molecule has 0 fully saturated rings. The van der Waals surface area contributed by atoms with Crippen molar-refractivity contribution < 1.29 is 9.90 Å². The summed E-state index contributed by atoms with van der Waals surface area (Å²) >= 11 is 0.235. The molecule has 0 spiro atoms. The van der Waals surface area contributed by atoms with Gasteiger partial charge in [0.2, 0.25) is 0 Å². The summed E-state index contributed by atoms with van der Waals surface area (Å²) in [6, 6.07) is 0. The zero-order chi connectivity index (χ0) is 7.49. The van der Waals surface area contributed by atoms with Crippen LogP contribution in [0.1, 0.15) is 20.8 Å². The van der Waals surface area contributed by atoms with Crippen molar-refractivity contribution in [2.45, 2.75) is 30.4 Å². The fraction of sp³-hybridized carbons (Fsp3) is 0.833. The zero-order valence-corrected chi connectivity index (χ0v) is 7.68. The molecule has 0 saturated heterocycles. The van der Waals surface area contributed by atoms with E-state index in [1.165, 1.54) is 0 Å². The van der Waals surface area contributed by atoms with E-state index in [9.17, 15) is 4.79 Å². The molecule has 0 amide bonds. The van der Waals surface area contributed by atoms with Crippen LogP contribution in [0, 0.1) is 0 Å². The molecule has 1 N–H and O–H groups in total. The molecule has 0 rings (SSSR count). The fourth-order valence-electron chi connectivity index (χ4n) is 0.278. The van der Waals surface area contributed by atoms with Crippen LogP contribution >= 0.6 is 0 Å². The van der Waals surface area contributed by atoms with Crippen LogP contribution in [0.5, 0.6) is 0 Å². The molecule has 0 unspecified atom stereocenters. The van der Waals surface area contributed by atoms with E-state index >= 15 is 0 Å². The second-order valence-electron chi connectivity index (χ2n) is 2.79. The van der Waals surface area contributed by atoms with Crippen LogP contribution in [0.3, 0.4) is 0 Å². The molecular weight excluding hydrogens is 183 g/mol. The molecule has 0 aliphatic carbocycles. The Morgan fingerprint density at radius 3 is 2.11 bits per heavy atom. The van der Waals surface area contributed by atoms with Crippen molar-refractivity contribution in [3.8, 4) is 0 Å². The summed E-state index contributed by atoms with van der Waals surface area (Å²) < 4.78 is 0.214. The number of hydrogen-bond donors (Lipinski definition) is 1. The predicted octanol–water partition coefficient (Wildman–Crippen LogP) is 1.41. The second kappa shape index (κ2) is 3.23. The molecule has 3 heteroatoms. The maximum absolute atomic E-state index is 10.1. The summed E-state index contributed by atoms with van der Waals surface area (Å²) in [6.45, 7) is 6.20. The number of rotatable bonds is 2. The van der Waals surface area contributed by atoms with Crippen LogP contribution in [-0.4, -0.2) is 26.0 Å². The average molecular weight is 195 g/mol. The van der Waals surface area contributed by atoms with E-state index < -0.39 is 5.97 Å². The fourth-order valence-corrected chi connectivity index (χ4v) is 1.45. The molecule has 0 aromatic heterocycles. The Balaban J connectivity index is 3.39. The van der Waals surface area contributed by atoms with E-state index in [0.29, 0.717) is 5.32 Å². The molecule has 0 aromatic carbocycles. The van der Waals surface area contributed by atoms with E-state index in [1.54, 1.807) is 0 Å². The average Bonchev–Trinajstić information content (AvgIpc) is 1.59. The molecular formula is C6H12O2Se. The molecule has 0 bridgehead atoms. The monoisotopic (exact) mass is 196 g/mol. The summed E-state index contributed by atoms with van der Waals surface area (Å²) in [5.74, 6) is -0.676. The first-order chi connectivity index (χ1) is 3.92. The van der Waals surface area contributed by atoms with Gasteiger partial charge in [-0.3, -0.25) is 0 Å².